The van der Waals surface area contributed by atoms with Gasteiger partial charge in [0.15, 0.2) is 0 Å². The molecular weight excluding hydrogens is 278 g/mol. The SMILES string of the molecule is COc1ccc(NC(=O)c2cccc(-n3cccc3)c2)cn1. The lowest BCUT2D eigenvalue weighted by Gasteiger charge is -2.08. The van der Waals surface area contributed by atoms with Crippen LogP contribution in [0.2, 0.25) is 0 Å². The van der Waals surface area contributed by atoms with Crippen molar-refractivity contribution in [3.8, 4) is 11.6 Å². The first-order chi connectivity index (χ1) is 10.8. The molecule has 5 heteroatoms. The van der Waals surface area contributed by atoms with Crippen LogP contribution in [0.25, 0.3) is 5.69 Å². The molecule has 0 aliphatic heterocycles. The summed E-state index contributed by atoms with van der Waals surface area (Å²) in [6, 6.07) is 14.8. The second-order valence-corrected chi connectivity index (χ2v) is 4.68. The summed E-state index contributed by atoms with van der Waals surface area (Å²) < 4.78 is 6.94. The average Bonchev–Trinajstić information content (AvgIpc) is 3.10. The second kappa shape index (κ2) is 6.13. The second-order valence-electron chi connectivity index (χ2n) is 4.68. The van der Waals surface area contributed by atoms with Gasteiger partial charge in [0, 0.05) is 29.7 Å². The highest BCUT2D eigenvalue weighted by Gasteiger charge is 2.07. The van der Waals surface area contributed by atoms with Gasteiger partial charge in [-0.25, -0.2) is 4.98 Å². The molecule has 0 fully saturated rings. The van der Waals surface area contributed by atoms with Gasteiger partial charge in [-0.2, -0.15) is 0 Å². The minimum absolute atomic E-state index is 0.180. The maximum Gasteiger partial charge on any atom is 0.255 e. The number of anilines is 1. The average molecular weight is 293 g/mol. The van der Waals surface area contributed by atoms with Crippen molar-refractivity contribution >= 4 is 11.6 Å². The van der Waals surface area contributed by atoms with Gasteiger partial charge in [0.25, 0.3) is 5.91 Å². The number of amides is 1. The molecule has 2 heterocycles. The van der Waals surface area contributed by atoms with Crippen LogP contribution in [-0.4, -0.2) is 22.6 Å². The van der Waals surface area contributed by atoms with Crippen LogP contribution >= 0.6 is 0 Å². The molecule has 0 saturated heterocycles. The molecule has 0 atom stereocenters. The Hall–Kier alpha value is -3.08. The molecule has 0 saturated carbocycles. The fraction of sp³-hybridized carbons (Fsp3) is 0.0588. The van der Waals surface area contributed by atoms with Gasteiger partial charge in [-0.05, 0) is 36.4 Å². The lowest BCUT2D eigenvalue weighted by molar-refractivity contribution is 0.102. The molecule has 0 spiro atoms. The van der Waals surface area contributed by atoms with Crippen LogP contribution in [0.3, 0.4) is 0 Å². The Morgan fingerprint density at radius 1 is 1.14 bits per heavy atom. The van der Waals surface area contributed by atoms with Gasteiger partial charge in [0.2, 0.25) is 5.88 Å². The molecule has 3 rings (SSSR count). The van der Waals surface area contributed by atoms with Crippen LogP contribution in [0.15, 0.2) is 67.1 Å². The number of methoxy groups -OCH3 is 1. The third kappa shape index (κ3) is 2.98. The van der Waals surface area contributed by atoms with E-state index < -0.39 is 0 Å². The first-order valence-corrected chi connectivity index (χ1v) is 6.81. The van der Waals surface area contributed by atoms with Crippen LogP contribution in [0.4, 0.5) is 5.69 Å². The molecule has 22 heavy (non-hydrogen) atoms. The van der Waals surface area contributed by atoms with Crippen molar-refractivity contribution in [2.24, 2.45) is 0 Å². The molecule has 1 aromatic carbocycles. The summed E-state index contributed by atoms with van der Waals surface area (Å²) >= 11 is 0. The van der Waals surface area contributed by atoms with Crippen molar-refractivity contribution in [3.63, 3.8) is 0 Å². The summed E-state index contributed by atoms with van der Waals surface area (Å²) in [7, 11) is 1.55. The Morgan fingerprint density at radius 2 is 1.95 bits per heavy atom. The summed E-state index contributed by atoms with van der Waals surface area (Å²) in [6.45, 7) is 0. The van der Waals surface area contributed by atoms with Gasteiger partial charge in [-0.15, -0.1) is 0 Å². The molecule has 0 aliphatic carbocycles. The summed E-state index contributed by atoms with van der Waals surface area (Å²) in [5, 5.41) is 2.82. The largest absolute Gasteiger partial charge is 0.481 e. The number of nitrogens with one attached hydrogen (secondary N) is 1. The number of hydrogen-bond acceptors (Lipinski definition) is 3. The third-order valence-corrected chi connectivity index (χ3v) is 3.21. The van der Waals surface area contributed by atoms with Gasteiger partial charge in [-0.3, -0.25) is 4.79 Å². The van der Waals surface area contributed by atoms with Crippen LogP contribution in [0, 0.1) is 0 Å². The standard InChI is InChI=1S/C17H15N3O2/c1-22-16-8-7-14(12-18-16)19-17(21)13-5-4-6-15(11-13)20-9-2-3-10-20/h2-12H,1H3,(H,19,21). The minimum atomic E-state index is -0.180. The summed E-state index contributed by atoms with van der Waals surface area (Å²) in [5.41, 5.74) is 2.14. The lowest BCUT2D eigenvalue weighted by atomic mass is 10.2. The topological polar surface area (TPSA) is 56.1 Å². The molecule has 0 bridgehead atoms. The van der Waals surface area contributed by atoms with Gasteiger partial charge in [0.05, 0.1) is 19.0 Å². The number of nitrogens with zero attached hydrogens (tertiary/aromatic N) is 2. The van der Waals surface area contributed by atoms with E-state index in [1.165, 1.54) is 0 Å². The highest BCUT2D eigenvalue weighted by atomic mass is 16.5. The number of carbonyl (C=O) groups excluding carboxylic acids is 1. The fourth-order valence-corrected chi connectivity index (χ4v) is 2.09. The molecule has 0 radical (unpaired) electrons. The maximum atomic E-state index is 12.3. The maximum absolute atomic E-state index is 12.3. The zero-order valence-corrected chi connectivity index (χ0v) is 12.1. The van der Waals surface area contributed by atoms with Crippen molar-refractivity contribution in [1.29, 1.82) is 0 Å². The minimum Gasteiger partial charge on any atom is -0.481 e. The lowest BCUT2D eigenvalue weighted by Crippen LogP contribution is -2.12. The van der Waals surface area contributed by atoms with E-state index in [1.54, 1.807) is 31.5 Å². The van der Waals surface area contributed by atoms with Crippen molar-refractivity contribution in [2.75, 3.05) is 12.4 Å². The number of pyridine rings is 1. The number of benzene rings is 1. The molecule has 2 aromatic heterocycles. The van der Waals surface area contributed by atoms with Crippen LogP contribution in [0.1, 0.15) is 10.4 Å². The summed E-state index contributed by atoms with van der Waals surface area (Å²) in [5.74, 6) is 0.327. The first kappa shape index (κ1) is 13.9. The highest BCUT2D eigenvalue weighted by Crippen LogP contribution is 2.15. The zero-order chi connectivity index (χ0) is 15.4. The number of aromatic nitrogens is 2. The van der Waals surface area contributed by atoms with Gasteiger partial charge < -0.3 is 14.6 Å². The normalized spacial score (nSPS) is 10.2. The third-order valence-electron chi connectivity index (χ3n) is 3.21. The molecule has 5 nitrogen and oxygen atoms in total. The molecule has 1 N–H and O–H groups in total. The quantitative estimate of drug-likeness (QED) is 0.804. The smallest absolute Gasteiger partial charge is 0.255 e. The van der Waals surface area contributed by atoms with E-state index in [2.05, 4.69) is 10.3 Å². The molecule has 0 unspecified atom stereocenters. The van der Waals surface area contributed by atoms with Gasteiger partial charge in [-0.1, -0.05) is 6.07 Å². The van der Waals surface area contributed by atoms with E-state index >= 15 is 0 Å². The summed E-state index contributed by atoms with van der Waals surface area (Å²) in [4.78, 5) is 16.4. The molecular formula is C17H15N3O2. The molecule has 0 aliphatic rings. The Bertz CT molecular complexity index is 765. The molecule has 1 amide bonds. The predicted octanol–water partition coefficient (Wildman–Crippen LogP) is 3.13. The van der Waals surface area contributed by atoms with Gasteiger partial charge >= 0.3 is 0 Å². The van der Waals surface area contributed by atoms with E-state index in [0.29, 0.717) is 17.1 Å². The fourth-order valence-electron chi connectivity index (χ4n) is 2.09. The first-order valence-electron chi connectivity index (χ1n) is 6.81. The Kier molecular flexibility index (Phi) is 3.87. The number of hydrogen-bond donors (Lipinski definition) is 1. The summed E-state index contributed by atoms with van der Waals surface area (Å²) in [6.07, 6.45) is 5.43. The van der Waals surface area contributed by atoms with Crippen LogP contribution in [-0.2, 0) is 0 Å². The van der Waals surface area contributed by atoms with Crippen molar-refractivity contribution in [1.82, 2.24) is 9.55 Å². The number of carbonyl (C=O) groups is 1. The van der Waals surface area contributed by atoms with Crippen LogP contribution in [0.5, 0.6) is 5.88 Å². The van der Waals surface area contributed by atoms with E-state index in [1.807, 2.05) is 47.3 Å². The number of rotatable bonds is 4. The Morgan fingerprint density at radius 3 is 2.64 bits per heavy atom. The van der Waals surface area contributed by atoms with Crippen molar-refractivity contribution < 1.29 is 9.53 Å². The van der Waals surface area contributed by atoms with E-state index in [-0.39, 0.29) is 5.91 Å². The predicted molar refractivity (Wildman–Crippen MR) is 84.5 cm³/mol. The Balaban J connectivity index is 1.78. The van der Waals surface area contributed by atoms with Gasteiger partial charge in [0.1, 0.15) is 0 Å². The zero-order valence-electron chi connectivity index (χ0n) is 12.1. The molecule has 3 aromatic rings. The van der Waals surface area contributed by atoms with Crippen molar-refractivity contribution in [2.45, 2.75) is 0 Å². The van der Waals surface area contributed by atoms with E-state index in [9.17, 15) is 4.79 Å². The van der Waals surface area contributed by atoms with E-state index in [0.717, 1.165) is 5.69 Å². The highest BCUT2D eigenvalue weighted by molar-refractivity contribution is 6.04. The monoisotopic (exact) mass is 293 g/mol. The molecule has 110 valence electrons. The van der Waals surface area contributed by atoms with Crippen molar-refractivity contribution in [3.05, 3.63) is 72.7 Å². The van der Waals surface area contributed by atoms with Crippen LogP contribution < -0.4 is 10.1 Å². The number of ether oxygens (including phenoxy) is 1. The van der Waals surface area contributed by atoms with E-state index in [4.69, 9.17) is 4.74 Å². The Labute approximate surface area is 128 Å².